The first-order valence-electron chi connectivity index (χ1n) is 4.17. The molecule has 0 radical (unpaired) electrons. The van der Waals surface area contributed by atoms with Crippen LogP contribution in [-0.4, -0.2) is 20.8 Å². The molecule has 0 saturated heterocycles. The van der Waals surface area contributed by atoms with Gasteiger partial charge in [-0.3, -0.25) is 0 Å². The van der Waals surface area contributed by atoms with Crippen molar-refractivity contribution in [3.05, 3.63) is 28.8 Å². The first-order chi connectivity index (χ1) is 7.42. The van der Waals surface area contributed by atoms with Crippen molar-refractivity contribution in [2.45, 2.75) is 0 Å². The minimum atomic E-state index is -3.59. The zero-order chi connectivity index (χ0) is 12.2. The van der Waals surface area contributed by atoms with Crippen LogP contribution in [0.15, 0.2) is 18.2 Å². The number of hydrogen-bond donors (Lipinski definition) is 0. The fourth-order valence-corrected chi connectivity index (χ4v) is 1.59. The highest BCUT2D eigenvalue weighted by atomic mass is 35.7. The van der Waals surface area contributed by atoms with Crippen molar-refractivity contribution in [3.63, 3.8) is 0 Å². The van der Waals surface area contributed by atoms with Gasteiger partial charge in [-0.15, -0.1) is 0 Å². The Morgan fingerprint density at radius 1 is 1.44 bits per heavy atom. The van der Waals surface area contributed by atoms with E-state index < -0.39 is 9.05 Å². The second-order valence-corrected chi connectivity index (χ2v) is 6.18. The van der Waals surface area contributed by atoms with E-state index in [4.69, 9.17) is 32.3 Å². The normalized spacial score (nSPS) is 10.8. The minimum Gasteiger partial charge on any atom is -0.491 e. The van der Waals surface area contributed by atoms with Crippen molar-refractivity contribution in [2.24, 2.45) is 0 Å². The van der Waals surface area contributed by atoms with Gasteiger partial charge in [-0.2, -0.15) is 5.26 Å². The lowest BCUT2D eigenvalue weighted by Crippen LogP contribution is -2.09. The Hall–Kier alpha value is -0.960. The molecule has 0 aromatic heterocycles. The van der Waals surface area contributed by atoms with Crippen LogP contribution >= 0.6 is 22.3 Å². The van der Waals surface area contributed by atoms with Gasteiger partial charge in [-0.25, -0.2) is 8.42 Å². The number of hydrogen-bond acceptors (Lipinski definition) is 4. The summed E-state index contributed by atoms with van der Waals surface area (Å²) in [4.78, 5) is 0. The molecule has 0 unspecified atom stereocenters. The van der Waals surface area contributed by atoms with Gasteiger partial charge < -0.3 is 4.74 Å². The quantitative estimate of drug-likeness (QED) is 0.792. The molecule has 1 rings (SSSR count). The van der Waals surface area contributed by atoms with Crippen LogP contribution in [0.4, 0.5) is 0 Å². The summed E-state index contributed by atoms with van der Waals surface area (Å²) in [5.41, 5.74) is 0.288. The molecule has 0 fully saturated rings. The number of nitrogens with zero attached hydrogens (tertiary/aromatic N) is 1. The fraction of sp³-hybridized carbons (Fsp3) is 0.222. The van der Waals surface area contributed by atoms with Gasteiger partial charge in [0.15, 0.2) is 0 Å². The van der Waals surface area contributed by atoms with E-state index in [0.29, 0.717) is 5.02 Å². The first-order valence-corrected chi connectivity index (χ1v) is 7.03. The van der Waals surface area contributed by atoms with E-state index >= 15 is 0 Å². The lowest BCUT2D eigenvalue weighted by atomic mass is 10.2. The molecule has 0 saturated carbocycles. The van der Waals surface area contributed by atoms with Gasteiger partial charge in [0.05, 0.1) is 11.3 Å². The summed E-state index contributed by atoms with van der Waals surface area (Å²) in [5.74, 6) is -0.0818. The van der Waals surface area contributed by atoms with E-state index in [9.17, 15) is 8.42 Å². The molecule has 1 aromatic rings. The molecule has 0 N–H and O–H groups in total. The van der Waals surface area contributed by atoms with E-state index in [1.807, 2.05) is 6.07 Å². The molecule has 16 heavy (non-hydrogen) atoms. The Morgan fingerprint density at radius 2 is 2.12 bits per heavy atom. The van der Waals surface area contributed by atoms with Crippen LogP contribution in [0.1, 0.15) is 5.56 Å². The Labute approximate surface area is 103 Å². The third-order valence-corrected chi connectivity index (χ3v) is 3.00. The molecule has 4 nitrogen and oxygen atoms in total. The zero-order valence-corrected chi connectivity index (χ0v) is 10.3. The van der Waals surface area contributed by atoms with E-state index in [2.05, 4.69) is 0 Å². The van der Waals surface area contributed by atoms with Crippen LogP contribution < -0.4 is 4.74 Å². The topological polar surface area (TPSA) is 67.2 Å². The molecule has 86 valence electrons. The Bertz CT molecular complexity index is 522. The second-order valence-electron chi connectivity index (χ2n) is 2.84. The third-order valence-electron chi connectivity index (χ3n) is 1.65. The molecular weight excluding hydrogens is 273 g/mol. The van der Waals surface area contributed by atoms with E-state index in [1.165, 1.54) is 12.1 Å². The maximum Gasteiger partial charge on any atom is 0.235 e. The van der Waals surface area contributed by atoms with Gasteiger partial charge >= 0.3 is 0 Å². The molecule has 0 aliphatic rings. The van der Waals surface area contributed by atoms with Gasteiger partial charge in [0.2, 0.25) is 9.05 Å². The molecule has 7 heteroatoms. The van der Waals surface area contributed by atoms with Crippen LogP contribution in [0, 0.1) is 11.3 Å². The molecule has 0 heterocycles. The van der Waals surface area contributed by atoms with Crippen LogP contribution in [0.5, 0.6) is 5.75 Å². The standard InChI is InChI=1S/C9H7Cl2NO3S/c10-8-2-1-7(6-12)9(5-8)15-3-4-16(11,13)14/h1-2,5H,3-4H2. The monoisotopic (exact) mass is 279 g/mol. The van der Waals surface area contributed by atoms with Gasteiger partial charge in [-0.05, 0) is 12.1 Å². The summed E-state index contributed by atoms with van der Waals surface area (Å²) < 4.78 is 26.4. The molecule has 0 atom stereocenters. The molecule has 0 aliphatic carbocycles. The maximum atomic E-state index is 10.6. The third kappa shape index (κ3) is 4.27. The summed E-state index contributed by atoms with van der Waals surface area (Å²) >= 11 is 5.71. The average Bonchev–Trinajstić information content (AvgIpc) is 2.16. The van der Waals surface area contributed by atoms with Gasteiger partial charge in [0.1, 0.15) is 18.4 Å². The van der Waals surface area contributed by atoms with Crippen LogP contribution in [0.25, 0.3) is 0 Å². The smallest absolute Gasteiger partial charge is 0.235 e. The van der Waals surface area contributed by atoms with E-state index in [0.717, 1.165) is 0 Å². The van der Waals surface area contributed by atoms with E-state index in [-0.39, 0.29) is 23.7 Å². The number of rotatable bonds is 4. The number of ether oxygens (including phenoxy) is 1. The Morgan fingerprint density at radius 3 is 2.69 bits per heavy atom. The highest BCUT2D eigenvalue weighted by molar-refractivity contribution is 8.13. The summed E-state index contributed by atoms with van der Waals surface area (Å²) in [6.07, 6.45) is 0. The molecule has 0 spiro atoms. The lowest BCUT2D eigenvalue weighted by Gasteiger charge is -2.06. The largest absolute Gasteiger partial charge is 0.491 e. The molecule has 1 aromatic carbocycles. The number of nitriles is 1. The van der Waals surface area contributed by atoms with Crippen molar-refractivity contribution in [3.8, 4) is 11.8 Å². The van der Waals surface area contributed by atoms with Crippen molar-refractivity contribution in [1.29, 1.82) is 5.26 Å². The predicted molar refractivity (Wildman–Crippen MR) is 61.3 cm³/mol. The fourth-order valence-electron chi connectivity index (χ4n) is 0.959. The lowest BCUT2D eigenvalue weighted by molar-refractivity contribution is 0.340. The summed E-state index contributed by atoms with van der Waals surface area (Å²) in [5, 5.41) is 9.16. The molecule has 0 aliphatic heterocycles. The average molecular weight is 280 g/mol. The number of halogens is 2. The van der Waals surface area contributed by atoms with Crippen LogP contribution in [0.3, 0.4) is 0 Å². The van der Waals surface area contributed by atoms with Crippen molar-refractivity contribution < 1.29 is 13.2 Å². The zero-order valence-electron chi connectivity index (χ0n) is 7.98. The summed E-state index contributed by atoms with van der Waals surface area (Å²) in [7, 11) is 1.41. The predicted octanol–water partition coefficient (Wildman–Crippen LogP) is 2.16. The molecule has 0 amide bonds. The SMILES string of the molecule is N#Cc1ccc(Cl)cc1OCCS(=O)(=O)Cl. The van der Waals surface area contributed by atoms with Crippen LogP contribution in [0.2, 0.25) is 5.02 Å². The van der Waals surface area contributed by atoms with Crippen molar-refractivity contribution in [2.75, 3.05) is 12.4 Å². The molecule has 0 bridgehead atoms. The van der Waals surface area contributed by atoms with Gasteiger partial charge in [-0.1, -0.05) is 11.6 Å². The molecular formula is C9H7Cl2NO3S. The highest BCUT2D eigenvalue weighted by Crippen LogP contribution is 2.22. The second kappa shape index (κ2) is 5.39. The van der Waals surface area contributed by atoms with Crippen LogP contribution in [-0.2, 0) is 9.05 Å². The minimum absolute atomic E-state index is 0.124. The van der Waals surface area contributed by atoms with Crippen molar-refractivity contribution in [1.82, 2.24) is 0 Å². The summed E-state index contributed by atoms with van der Waals surface area (Å²) in [6.45, 7) is -0.124. The maximum absolute atomic E-state index is 10.6. The summed E-state index contributed by atoms with van der Waals surface area (Å²) in [6, 6.07) is 6.39. The number of benzene rings is 1. The Kier molecular flexibility index (Phi) is 4.42. The Balaban J connectivity index is 2.74. The van der Waals surface area contributed by atoms with Crippen molar-refractivity contribution >= 4 is 31.3 Å². The van der Waals surface area contributed by atoms with Gasteiger partial charge in [0, 0.05) is 21.8 Å². The first kappa shape index (κ1) is 13.1. The van der Waals surface area contributed by atoms with E-state index in [1.54, 1.807) is 6.07 Å². The van der Waals surface area contributed by atoms with Gasteiger partial charge in [0.25, 0.3) is 0 Å². The highest BCUT2D eigenvalue weighted by Gasteiger charge is 2.08.